The monoisotopic (exact) mass is 383 g/mol. The molecule has 0 bridgehead atoms. The molecule has 4 rings (SSSR count). The molecular formula is C21H29N5O2. The summed E-state index contributed by atoms with van der Waals surface area (Å²) in [4.78, 5) is 21.9. The van der Waals surface area contributed by atoms with E-state index in [4.69, 9.17) is 4.74 Å². The van der Waals surface area contributed by atoms with Gasteiger partial charge in [0.25, 0.3) is 0 Å². The lowest BCUT2D eigenvalue weighted by Crippen LogP contribution is -2.40. The Morgan fingerprint density at radius 2 is 1.93 bits per heavy atom. The quantitative estimate of drug-likeness (QED) is 0.733. The molecule has 2 fully saturated rings. The molecule has 2 saturated heterocycles. The predicted octanol–water partition coefficient (Wildman–Crippen LogP) is 2.11. The second-order valence-corrected chi connectivity index (χ2v) is 7.52. The number of ether oxygens (including phenoxy) is 1. The van der Waals surface area contributed by atoms with Gasteiger partial charge in [-0.3, -0.25) is 9.69 Å². The Labute approximate surface area is 166 Å². The van der Waals surface area contributed by atoms with E-state index in [1.807, 2.05) is 35.9 Å². The highest BCUT2D eigenvalue weighted by Crippen LogP contribution is 2.33. The standard InChI is InChI=1S/C21H29N5O2/c1-3-26-20(22-15-23-26)14-24-11-9-19-18(24)10-12-25(19)21(27)13-16-5-7-17(8-6-16)28-4-2/h5-8,15,18-19H,3-4,9-14H2,1-2H3/t18-,19-/m0/s1. The van der Waals surface area contributed by atoms with E-state index >= 15 is 0 Å². The molecule has 0 radical (unpaired) electrons. The van der Waals surface area contributed by atoms with E-state index in [0.29, 0.717) is 25.1 Å². The number of amides is 1. The summed E-state index contributed by atoms with van der Waals surface area (Å²) >= 11 is 0. The number of fused-ring (bicyclic) bond motifs is 1. The van der Waals surface area contributed by atoms with Crippen LogP contribution >= 0.6 is 0 Å². The number of aromatic nitrogens is 3. The molecule has 0 spiro atoms. The normalized spacial score (nSPS) is 21.9. The van der Waals surface area contributed by atoms with E-state index in [2.05, 4.69) is 26.8 Å². The van der Waals surface area contributed by atoms with Crippen LogP contribution in [0.25, 0.3) is 0 Å². The van der Waals surface area contributed by atoms with Gasteiger partial charge in [-0.1, -0.05) is 12.1 Å². The smallest absolute Gasteiger partial charge is 0.227 e. The molecule has 2 aliphatic rings. The van der Waals surface area contributed by atoms with E-state index in [-0.39, 0.29) is 5.91 Å². The summed E-state index contributed by atoms with van der Waals surface area (Å²) in [5.74, 6) is 2.10. The molecule has 0 unspecified atom stereocenters. The molecule has 28 heavy (non-hydrogen) atoms. The minimum Gasteiger partial charge on any atom is -0.494 e. The first-order valence-electron chi connectivity index (χ1n) is 10.3. The van der Waals surface area contributed by atoms with Crippen molar-refractivity contribution in [3.63, 3.8) is 0 Å². The molecule has 3 heterocycles. The Morgan fingerprint density at radius 3 is 2.68 bits per heavy atom. The average Bonchev–Trinajstić information content (AvgIpc) is 3.41. The number of carbonyl (C=O) groups excluding carboxylic acids is 1. The number of rotatable bonds is 7. The Kier molecular flexibility index (Phi) is 5.62. The van der Waals surface area contributed by atoms with Crippen molar-refractivity contribution >= 4 is 5.91 Å². The van der Waals surface area contributed by atoms with Crippen LogP contribution in [0.15, 0.2) is 30.6 Å². The zero-order valence-electron chi connectivity index (χ0n) is 16.8. The maximum atomic E-state index is 12.9. The molecule has 7 nitrogen and oxygen atoms in total. The van der Waals surface area contributed by atoms with Crippen molar-refractivity contribution in [1.29, 1.82) is 0 Å². The van der Waals surface area contributed by atoms with Gasteiger partial charge in [-0.2, -0.15) is 5.10 Å². The number of carbonyl (C=O) groups is 1. The number of hydrogen-bond acceptors (Lipinski definition) is 5. The summed E-state index contributed by atoms with van der Waals surface area (Å²) < 4.78 is 7.44. The molecule has 0 aliphatic carbocycles. The molecule has 2 atom stereocenters. The van der Waals surface area contributed by atoms with Gasteiger partial charge in [0.05, 0.1) is 19.6 Å². The third-order valence-corrected chi connectivity index (χ3v) is 5.94. The van der Waals surface area contributed by atoms with Crippen molar-refractivity contribution in [3.05, 3.63) is 42.0 Å². The first kappa shape index (κ1) is 18.9. The average molecular weight is 383 g/mol. The minimum absolute atomic E-state index is 0.232. The van der Waals surface area contributed by atoms with Crippen molar-refractivity contribution in [1.82, 2.24) is 24.6 Å². The van der Waals surface area contributed by atoms with Gasteiger partial charge in [0.15, 0.2) is 0 Å². The second-order valence-electron chi connectivity index (χ2n) is 7.52. The Hall–Kier alpha value is -2.41. The number of nitrogens with zero attached hydrogens (tertiary/aromatic N) is 5. The molecule has 0 saturated carbocycles. The fraction of sp³-hybridized carbons (Fsp3) is 0.571. The molecule has 1 amide bonds. The van der Waals surface area contributed by atoms with Crippen LogP contribution in [0.2, 0.25) is 0 Å². The van der Waals surface area contributed by atoms with Gasteiger partial charge in [0.1, 0.15) is 17.9 Å². The molecule has 1 aromatic heterocycles. The van der Waals surface area contributed by atoms with E-state index in [0.717, 1.165) is 56.2 Å². The van der Waals surface area contributed by atoms with Gasteiger partial charge in [0, 0.05) is 31.7 Å². The largest absolute Gasteiger partial charge is 0.494 e. The van der Waals surface area contributed by atoms with Gasteiger partial charge >= 0.3 is 0 Å². The van der Waals surface area contributed by atoms with Gasteiger partial charge in [-0.05, 0) is 44.4 Å². The highest BCUT2D eigenvalue weighted by atomic mass is 16.5. The summed E-state index contributed by atoms with van der Waals surface area (Å²) in [5, 5.41) is 4.28. The van der Waals surface area contributed by atoms with Crippen LogP contribution in [-0.4, -0.2) is 62.3 Å². The van der Waals surface area contributed by atoms with Gasteiger partial charge < -0.3 is 9.64 Å². The number of hydrogen-bond donors (Lipinski definition) is 0. The SMILES string of the molecule is CCOc1ccc(CC(=O)N2CC[C@H]3[C@@H]2CCN3Cc2ncnn2CC)cc1. The minimum atomic E-state index is 0.232. The van der Waals surface area contributed by atoms with Crippen molar-refractivity contribution in [2.45, 2.75) is 58.3 Å². The molecule has 0 N–H and O–H groups in total. The zero-order valence-corrected chi connectivity index (χ0v) is 16.8. The van der Waals surface area contributed by atoms with E-state index in [9.17, 15) is 4.79 Å². The van der Waals surface area contributed by atoms with Crippen molar-refractivity contribution in [2.24, 2.45) is 0 Å². The van der Waals surface area contributed by atoms with Gasteiger partial charge in [-0.25, -0.2) is 9.67 Å². The lowest BCUT2D eigenvalue weighted by molar-refractivity contribution is -0.131. The van der Waals surface area contributed by atoms with Crippen molar-refractivity contribution < 1.29 is 9.53 Å². The first-order chi connectivity index (χ1) is 13.7. The van der Waals surface area contributed by atoms with Crippen molar-refractivity contribution in [2.75, 3.05) is 19.7 Å². The molecule has 2 aliphatic heterocycles. The first-order valence-corrected chi connectivity index (χ1v) is 10.3. The molecule has 2 aromatic rings. The summed E-state index contributed by atoms with van der Waals surface area (Å²) in [6.45, 7) is 8.22. The summed E-state index contributed by atoms with van der Waals surface area (Å²) in [6.07, 6.45) is 4.17. The van der Waals surface area contributed by atoms with E-state index < -0.39 is 0 Å². The van der Waals surface area contributed by atoms with Crippen molar-refractivity contribution in [3.8, 4) is 5.75 Å². The van der Waals surface area contributed by atoms with Crippen LogP contribution in [-0.2, 0) is 24.3 Å². The molecular weight excluding hydrogens is 354 g/mol. The van der Waals surface area contributed by atoms with Crippen LogP contribution in [0.1, 0.15) is 38.1 Å². The second kappa shape index (κ2) is 8.31. The summed E-state index contributed by atoms with van der Waals surface area (Å²) in [5.41, 5.74) is 1.04. The highest BCUT2D eigenvalue weighted by Gasteiger charge is 2.44. The van der Waals surface area contributed by atoms with Gasteiger partial charge in [-0.15, -0.1) is 0 Å². The van der Waals surface area contributed by atoms with Crippen LogP contribution in [0, 0.1) is 0 Å². The van der Waals surface area contributed by atoms with Crippen LogP contribution in [0.4, 0.5) is 0 Å². The highest BCUT2D eigenvalue weighted by molar-refractivity contribution is 5.79. The fourth-order valence-corrected chi connectivity index (χ4v) is 4.58. The number of likely N-dealkylation sites (tertiary alicyclic amines) is 2. The fourth-order valence-electron chi connectivity index (χ4n) is 4.58. The lowest BCUT2D eigenvalue weighted by Gasteiger charge is -2.25. The Bertz CT molecular complexity index is 803. The maximum absolute atomic E-state index is 12.9. The Morgan fingerprint density at radius 1 is 1.14 bits per heavy atom. The van der Waals surface area contributed by atoms with Crippen LogP contribution < -0.4 is 4.74 Å². The van der Waals surface area contributed by atoms with Gasteiger partial charge in [0.2, 0.25) is 5.91 Å². The third-order valence-electron chi connectivity index (χ3n) is 5.94. The number of benzene rings is 1. The summed E-state index contributed by atoms with van der Waals surface area (Å²) in [6, 6.07) is 8.64. The van der Waals surface area contributed by atoms with E-state index in [1.54, 1.807) is 6.33 Å². The van der Waals surface area contributed by atoms with Crippen LogP contribution in [0.5, 0.6) is 5.75 Å². The van der Waals surface area contributed by atoms with E-state index in [1.165, 1.54) is 0 Å². The maximum Gasteiger partial charge on any atom is 0.227 e. The Balaban J connectivity index is 1.36. The zero-order chi connectivity index (χ0) is 19.5. The summed E-state index contributed by atoms with van der Waals surface area (Å²) in [7, 11) is 0. The number of aryl methyl sites for hydroxylation is 1. The molecule has 150 valence electrons. The lowest BCUT2D eigenvalue weighted by atomic mass is 10.1. The third kappa shape index (κ3) is 3.76. The molecule has 1 aromatic carbocycles. The molecule has 7 heteroatoms. The van der Waals surface area contributed by atoms with Crippen LogP contribution in [0.3, 0.4) is 0 Å². The topological polar surface area (TPSA) is 63.5 Å². The predicted molar refractivity (Wildman–Crippen MR) is 106 cm³/mol.